The maximum absolute atomic E-state index is 5.98. The van der Waals surface area contributed by atoms with E-state index in [9.17, 15) is 0 Å². The lowest BCUT2D eigenvalue weighted by Gasteiger charge is -2.29. The van der Waals surface area contributed by atoms with E-state index >= 15 is 0 Å². The molecule has 0 atom stereocenters. The van der Waals surface area contributed by atoms with Gasteiger partial charge in [0.1, 0.15) is 5.69 Å². The highest BCUT2D eigenvalue weighted by Gasteiger charge is 2.17. The van der Waals surface area contributed by atoms with Crippen LogP contribution < -0.4 is 11.6 Å². The van der Waals surface area contributed by atoms with Crippen molar-refractivity contribution in [2.24, 2.45) is 18.6 Å². The van der Waals surface area contributed by atoms with E-state index in [-0.39, 0.29) is 0 Å². The molecule has 2 heterocycles. The predicted octanol–water partition coefficient (Wildman–Crippen LogP) is 0.0319. The SMILES string of the molecule is Cn1ccc(/C(N)=C/N(N)C2CCOCC2)n1. The molecule has 1 aliphatic rings. The molecule has 0 amide bonds. The highest BCUT2D eigenvalue weighted by atomic mass is 16.5. The first-order chi connectivity index (χ1) is 8.16. The summed E-state index contributed by atoms with van der Waals surface area (Å²) in [6.07, 6.45) is 5.47. The number of hydrogen-bond acceptors (Lipinski definition) is 5. The van der Waals surface area contributed by atoms with Crippen LogP contribution in [0.5, 0.6) is 0 Å². The van der Waals surface area contributed by atoms with Crippen LogP contribution in [0.3, 0.4) is 0 Å². The Labute approximate surface area is 101 Å². The summed E-state index contributed by atoms with van der Waals surface area (Å²) in [6, 6.07) is 2.16. The van der Waals surface area contributed by atoms with Crippen molar-refractivity contribution in [2.45, 2.75) is 18.9 Å². The van der Waals surface area contributed by atoms with Gasteiger partial charge in [-0.1, -0.05) is 0 Å². The van der Waals surface area contributed by atoms with E-state index in [2.05, 4.69) is 5.10 Å². The molecule has 17 heavy (non-hydrogen) atoms. The van der Waals surface area contributed by atoms with E-state index in [1.165, 1.54) is 0 Å². The van der Waals surface area contributed by atoms with Crippen molar-refractivity contribution in [1.82, 2.24) is 14.8 Å². The molecular formula is C11H19N5O. The van der Waals surface area contributed by atoms with Crippen LogP contribution in [0.2, 0.25) is 0 Å². The summed E-state index contributed by atoms with van der Waals surface area (Å²) in [7, 11) is 1.86. The van der Waals surface area contributed by atoms with E-state index in [1.54, 1.807) is 15.9 Å². The molecule has 0 unspecified atom stereocenters. The average molecular weight is 237 g/mol. The Morgan fingerprint density at radius 1 is 1.59 bits per heavy atom. The van der Waals surface area contributed by atoms with Gasteiger partial charge in [-0.2, -0.15) is 5.10 Å². The average Bonchev–Trinajstić information content (AvgIpc) is 2.77. The van der Waals surface area contributed by atoms with Crippen LogP contribution in [0.15, 0.2) is 18.5 Å². The molecule has 0 radical (unpaired) electrons. The predicted molar refractivity (Wildman–Crippen MR) is 65.2 cm³/mol. The molecule has 94 valence electrons. The number of nitrogens with zero attached hydrogens (tertiary/aromatic N) is 3. The van der Waals surface area contributed by atoms with E-state index in [1.807, 2.05) is 19.3 Å². The Morgan fingerprint density at radius 3 is 2.88 bits per heavy atom. The molecule has 0 spiro atoms. The summed E-state index contributed by atoms with van der Waals surface area (Å²) in [5.41, 5.74) is 7.28. The standard InChI is InChI=1S/C11H19N5O/c1-15-5-2-11(14-15)10(12)8-16(13)9-3-6-17-7-4-9/h2,5,8-9H,3-4,6-7,12-13H2,1H3/b10-8-. The number of hydrogen-bond donors (Lipinski definition) is 2. The van der Waals surface area contributed by atoms with Gasteiger partial charge in [0, 0.05) is 38.7 Å². The summed E-state index contributed by atoms with van der Waals surface area (Å²) in [5, 5.41) is 5.90. The Kier molecular flexibility index (Phi) is 3.65. The minimum absolute atomic E-state index is 0.297. The fourth-order valence-electron chi connectivity index (χ4n) is 1.88. The summed E-state index contributed by atoms with van der Waals surface area (Å²) in [4.78, 5) is 0. The Balaban J connectivity index is 2.02. The molecule has 1 aromatic heterocycles. The number of aromatic nitrogens is 2. The molecule has 0 saturated carbocycles. The van der Waals surface area contributed by atoms with Gasteiger partial charge in [0.2, 0.25) is 0 Å². The Morgan fingerprint density at radius 2 is 2.29 bits per heavy atom. The topological polar surface area (TPSA) is 82.3 Å². The van der Waals surface area contributed by atoms with Gasteiger partial charge >= 0.3 is 0 Å². The quantitative estimate of drug-likeness (QED) is 0.572. The third-order valence-electron chi connectivity index (χ3n) is 2.91. The van der Waals surface area contributed by atoms with E-state index in [4.69, 9.17) is 16.3 Å². The van der Waals surface area contributed by atoms with Crippen LogP contribution in [-0.2, 0) is 11.8 Å². The Bertz CT molecular complexity index is 394. The molecule has 6 heteroatoms. The van der Waals surface area contributed by atoms with Crippen LogP contribution in [0.4, 0.5) is 0 Å². The van der Waals surface area contributed by atoms with Crippen molar-refractivity contribution in [3.63, 3.8) is 0 Å². The van der Waals surface area contributed by atoms with Gasteiger partial charge in [0.25, 0.3) is 0 Å². The molecule has 1 saturated heterocycles. The highest BCUT2D eigenvalue weighted by molar-refractivity contribution is 5.58. The molecule has 6 nitrogen and oxygen atoms in total. The van der Waals surface area contributed by atoms with Gasteiger partial charge in [0.15, 0.2) is 0 Å². The van der Waals surface area contributed by atoms with Gasteiger partial charge in [-0.05, 0) is 18.9 Å². The maximum Gasteiger partial charge on any atom is 0.109 e. The van der Waals surface area contributed by atoms with Crippen molar-refractivity contribution in [3.8, 4) is 0 Å². The van der Waals surface area contributed by atoms with Crippen molar-refractivity contribution >= 4 is 5.70 Å². The molecule has 2 rings (SSSR count). The number of nitrogens with two attached hydrogens (primary N) is 2. The van der Waals surface area contributed by atoms with Gasteiger partial charge in [0.05, 0.1) is 5.70 Å². The molecule has 0 aliphatic carbocycles. The fourth-order valence-corrected chi connectivity index (χ4v) is 1.88. The van der Waals surface area contributed by atoms with Crippen molar-refractivity contribution in [1.29, 1.82) is 0 Å². The third-order valence-corrected chi connectivity index (χ3v) is 2.91. The van der Waals surface area contributed by atoms with E-state index in [0.29, 0.717) is 11.7 Å². The lowest BCUT2D eigenvalue weighted by atomic mass is 10.1. The number of ether oxygens (including phenoxy) is 1. The lowest BCUT2D eigenvalue weighted by Crippen LogP contribution is -2.40. The van der Waals surface area contributed by atoms with Gasteiger partial charge in [-0.25, -0.2) is 5.84 Å². The normalized spacial score (nSPS) is 18.4. The number of aryl methyl sites for hydroxylation is 1. The van der Waals surface area contributed by atoms with Crippen LogP contribution in [0.1, 0.15) is 18.5 Å². The molecular weight excluding hydrogens is 218 g/mol. The first kappa shape index (κ1) is 11.9. The highest BCUT2D eigenvalue weighted by Crippen LogP contribution is 2.13. The molecule has 1 aliphatic heterocycles. The van der Waals surface area contributed by atoms with Crippen LogP contribution >= 0.6 is 0 Å². The lowest BCUT2D eigenvalue weighted by molar-refractivity contribution is 0.0495. The van der Waals surface area contributed by atoms with Crippen molar-refractivity contribution in [3.05, 3.63) is 24.2 Å². The van der Waals surface area contributed by atoms with Crippen molar-refractivity contribution < 1.29 is 4.74 Å². The molecule has 1 aromatic rings. The maximum atomic E-state index is 5.98. The summed E-state index contributed by atoms with van der Waals surface area (Å²) < 4.78 is 7.01. The van der Waals surface area contributed by atoms with Gasteiger partial charge in [-0.15, -0.1) is 0 Å². The van der Waals surface area contributed by atoms with E-state index in [0.717, 1.165) is 31.7 Å². The number of hydrazine groups is 1. The monoisotopic (exact) mass is 237 g/mol. The zero-order chi connectivity index (χ0) is 12.3. The summed E-state index contributed by atoms with van der Waals surface area (Å²) >= 11 is 0. The fraction of sp³-hybridized carbons (Fsp3) is 0.545. The van der Waals surface area contributed by atoms with Gasteiger partial charge in [-0.3, -0.25) is 4.68 Å². The third kappa shape index (κ3) is 2.98. The van der Waals surface area contributed by atoms with Crippen LogP contribution in [-0.4, -0.2) is 34.0 Å². The first-order valence-corrected chi connectivity index (χ1v) is 5.75. The first-order valence-electron chi connectivity index (χ1n) is 5.75. The molecule has 0 bridgehead atoms. The second-order valence-electron chi connectivity index (χ2n) is 4.25. The van der Waals surface area contributed by atoms with Crippen molar-refractivity contribution in [2.75, 3.05) is 13.2 Å². The van der Waals surface area contributed by atoms with E-state index < -0.39 is 0 Å². The second-order valence-corrected chi connectivity index (χ2v) is 4.25. The minimum atomic E-state index is 0.297. The minimum Gasteiger partial charge on any atom is -0.396 e. The molecule has 1 fully saturated rings. The molecule has 0 aromatic carbocycles. The smallest absolute Gasteiger partial charge is 0.109 e. The Hall–Kier alpha value is -1.53. The summed E-state index contributed by atoms with van der Waals surface area (Å²) in [5.74, 6) is 5.98. The van der Waals surface area contributed by atoms with Crippen LogP contribution in [0.25, 0.3) is 5.70 Å². The molecule has 4 N–H and O–H groups in total. The zero-order valence-corrected chi connectivity index (χ0v) is 10.0. The summed E-state index contributed by atoms with van der Waals surface area (Å²) in [6.45, 7) is 1.52. The largest absolute Gasteiger partial charge is 0.396 e. The number of rotatable bonds is 3. The second kappa shape index (κ2) is 5.20. The van der Waals surface area contributed by atoms with Gasteiger partial charge < -0.3 is 15.5 Å². The van der Waals surface area contributed by atoms with Crippen LogP contribution in [0, 0.1) is 0 Å². The zero-order valence-electron chi connectivity index (χ0n) is 10.0.